The van der Waals surface area contributed by atoms with Crippen LogP contribution in [0, 0.1) is 0 Å². The summed E-state index contributed by atoms with van der Waals surface area (Å²) < 4.78 is 5.32. The first-order valence-electron chi connectivity index (χ1n) is 6.15. The second kappa shape index (κ2) is 5.46. The lowest BCUT2D eigenvalue weighted by Crippen LogP contribution is -2.36. The molecule has 2 rings (SSSR count). The molecular weight excluding hydrogens is 202 g/mol. The van der Waals surface area contributed by atoms with Gasteiger partial charge >= 0.3 is 0 Å². The predicted molar refractivity (Wildman–Crippen MR) is 63.0 cm³/mol. The van der Waals surface area contributed by atoms with Gasteiger partial charge < -0.3 is 9.84 Å². The first-order chi connectivity index (χ1) is 7.79. The Kier molecular flexibility index (Phi) is 3.96. The maximum Gasteiger partial charge on any atom is 0.151 e. The van der Waals surface area contributed by atoms with Gasteiger partial charge in [0.05, 0.1) is 12.2 Å². The first-order valence-corrected chi connectivity index (χ1v) is 6.15. The lowest BCUT2D eigenvalue weighted by atomic mass is 9.92. The lowest BCUT2D eigenvalue weighted by molar-refractivity contribution is 0.139. The third kappa shape index (κ3) is 2.83. The summed E-state index contributed by atoms with van der Waals surface area (Å²) in [6.07, 6.45) is 4.03. The van der Waals surface area contributed by atoms with E-state index in [1.165, 1.54) is 19.3 Å². The van der Waals surface area contributed by atoms with Crippen LogP contribution in [0.1, 0.15) is 37.6 Å². The summed E-state index contributed by atoms with van der Waals surface area (Å²) in [5.74, 6) is 0.974. The highest BCUT2D eigenvalue weighted by molar-refractivity contribution is 5.05. The number of rotatable bonds is 6. The van der Waals surface area contributed by atoms with Crippen LogP contribution in [0.3, 0.4) is 0 Å². The van der Waals surface area contributed by atoms with Gasteiger partial charge in [0, 0.05) is 18.7 Å². The summed E-state index contributed by atoms with van der Waals surface area (Å²) in [6, 6.07) is 2.81. The molecule has 1 fully saturated rings. The number of aromatic nitrogens is 1. The summed E-state index contributed by atoms with van der Waals surface area (Å²) in [6.45, 7) is 4.73. The summed E-state index contributed by atoms with van der Waals surface area (Å²) in [5, 5.41) is 7.29. The van der Waals surface area contributed by atoms with Crippen molar-refractivity contribution in [1.82, 2.24) is 15.4 Å². The zero-order valence-corrected chi connectivity index (χ0v) is 10.2. The number of hydrogen-bond donors (Lipinski definition) is 1. The molecule has 0 aliphatic heterocycles. The molecule has 1 aliphatic rings. The summed E-state index contributed by atoms with van der Waals surface area (Å²) in [7, 11) is 2.16. The Morgan fingerprint density at radius 3 is 3.00 bits per heavy atom. The monoisotopic (exact) mass is 223 g/mol. The van der Waals surface area contributed by atoms with Crippen molar-refractivity contribution < 1.29 is 4.52 Å². The number of nitrogens with one attached hydrogen (secondary N) is 1. The Morgan fingerprint density at radius 2 is 2.38 bits per heavy atom. The number of hydrogen-bond acceptors (Lipinski definition) is 4. The van der Waals surface area contributed by atoms with Gasteiger partial charge in [-0.05, 0) is 26.4 Å². The molecule has 1 aromatic heterocycles. The van der Waals surface area contributed by atoms with Gasteiger partial charge in [0.15, 0.2) is 5.76 Å². The molecule has 1 aliphatic carbocycles. The molecule has 0 bridgehead atoms. The average Bonchev–Trinajstić information content (AvgIpc) is 2.59. The van der Waals surface area contributed by atoms with E-state index < -0.39 is 0 Å². The molecule has 1 saturated carbocycles. The Bertz CT molecular complexity index is 320. The van der Waals surface area contributed by atoms with Crippen molar-refractivity contribution in [1.29, 1.82) is 0 Å². The van der Waals surface area contributed by atoms with Crippen LogP contribution in [0.4, 0.5) is 0 Å². The van der Waals surface area contributed by atoms with Crippen LogP contribution in [-0.2, 0) is 13.1 Å². The van der Waals surface area contributed by atoms with Crippen molar-refractivity contribution in [2.45, 2.75) is 45.3 Å². The van der Waals surface area contributed by atoms with E-state index in [0.717, 1.165) is 37.1 Å². The van der Waals surface area contributed by atoms with Gasteiger partial charge in [-0.2, -0.15) is 0 Å². The zero-order valence-electron chi connectivity index (χ0n) is 10.2. The fourth-order valence-electron chi connectivity index (χ4n) is 1.97. The summed E-state index contributed by atoms with van der Waals surface area (Å²) >= 11 is 0. The molecule has 0 amide bonds. The standard InChI is InChI=1S/C12H21N3O/c1-3-13-8-10-7-12(16-14-10)9-15(2)11-5-4-6-11/h7,11,13H,3-6,8-9H2,1-2H3. The average molecular weight is 223 g/mol. The van der Waals surface area contributed by atoms with Crippen LogP contribution in [0.25, 0.3) is 0 Å². The quantitative estimate of drug-likeness (QED) is 0.798. The van der Waals surface area contributed by atoms with Gasteiger partial charge in [0.2, 0.25) is 0 Å². The smallest absolute Gasteiger partial charge is 0.151 e. The van der Waals surface area contributed by atoms with E-state index >= 15 is 0 Å². The van der Waals surface area contributed by atoms with Crippen molar-refractivity contribution in [2.24, 2.45) is 0 Å². The molecular formula is C12H21N3O. The molecule has 4 heteroatoms. The molecule has 1 N–H and O–H groups in total. The molecule has 16 heavy (non-hydrogen) atoms. The van der Waals surface area contributed by atoms with E-state index in [2.05, 4.69) is 35.4 Å². The van der Waals surface area contributed by atoms with E-state index in [1.807, 2.05) is 0 Å². The van der Waals surface area contributed by atoms with E-state index in [9.17, 15) is 0 Å². The SMILES string of the molecule is CCNCc1cc(CN(C)C2CCC2)on1. The van der Waals surface area contributed by atoms with Crippen molar-refractivity contribution in [3.05, 3.63) is 17.5 Å². The van der Waals surface area contributed by atoms with Gasteiger partial charge in [0.1, 0.15) is 0 Å². The minimum Gasteiger partial charge on any atom is -0.360 e. The normalized spacial score (nSPS) is 16.7. The molecule has 0 saturated heterocycles. The molecule has 0 spiro atoms. The highest BCUT2D eigenvalue weighted by Gasteiger charge is 2.22. The van der Waals surface area contributed by atoms with Crippen molar-refractivity contribution in [2.75, 3.05) is 13.6 Å². The topological polar surface area (TPSA) is 41.3 Å². The van der Waals surface area contributed by atoms with Crippen molar-refractivity contribution in [3.8, 4) is 0 Å². The van der Waals surface area contributed by atoms with Gasteiger partial charge in [-0.25, -0.2) is 0 Å². The minimum absolute atomic E-state index is 0.752. The van der Waals surface area contributed by atoms with Crippen LogP contribution in [0.15, 0.2) is 10.6 Å². The van der Waals surface area contributed by atoms with Crippen molar-refractivity contribution in [3.63, 3.8) is 0 Å². The van der Waals surface area contributed by atoms with E-state index in [-0.39, 0.29) is 0 Å². The maximum absolute atomic E-state index is 5.32. The lowest BCUT2D eigenvalue weighted by Gasteiger charge is -2.33. The molecule has 4 nitrogen and oxygen atoms in total. The fraction of sp³-hybridized carbons (Fsp3) is 0.750. The van der Waals surface area contributed by atoms with Crippen LogP contribution in [-0.4, -0.2) is 29.7 Å². The summed E-state index contributed by atoms with van der Waals surface area (Å²) in [4.78, 5) is 2.36. The van der Waals surface area contributed by atoms with Crippen LogP contribution in [0.5, 0.6) is 0 Å². The largest absolute Gasteiger partial charge is 0.360 e. The molecule has 0 aromatic carbocycles. The van der Waals surface area contributed by atoms with Crippen LogP contribution in [0.2, 0.25) is 0 Å². The van der Waals surface area contributed by atoms with Gasteiger partial charge in [-0.15, -0.1) is 0 Å². The Hall–Kier alpha value is -0.870. The van der Waals surface area contributed by atoms with Crippen molar-refractivity contribution >= 4 is 0 Å². The first kappa shape index (κ1) is 11.6. The third-order valence-corrected chi connectivity index (χ3v) is 3.27. The zero-order chi connectivity index (χ0) is 11.4. The van der Waals surface area contributed by atoms with Crippen LogP contribution >= 0.6 is 0 Å². The molecule has 90 valence electrons. The molecule has 1 aromatic rings. The highest BCUT2D eigenvalue weighted by atomic mass is 16.5. The molecule has 0 unspecified atom stereocenters. The predicted octanol–water partition coefficient (Wildman–Crippen LogP) is 1.77. The van der Waals surface area contributed by atoms with E-state index in [4.69, 9.17) is 4.52 Å². The molecule has 0 atom stereocenters. The Morgan fingerprint density at radius 1 is 1.56 bits per heavy atom. The minimum atomic E-state index is 0.752. The number of nitrogens with zero attached hydrogens (tertiary/aromatic N) is 2. The third-order valence-electron chi connectivity index (χ3n) is 3.27. The van der Waals surface area contributed by atoms with Crippen LogP contribution < -0.4 is 5.32 Å². The van der Waals surface area contributed by atoms with Gasteiger partial charge in [-0.1, -0.05) is 18.5 Å². The van der Waals surface area contributed by atoms with Gasteiger partial charge in [0.25, 0.3) is 0 Å². The Balaban J connectivity index is 1.81. The second-order valence-electron chi connectivity index (χ2n) is 4.56. The Labute approximate surface area is 97.0 Å². The van der Waals surface area contributed by atoms with E-state index in [0.29, 0.717) is 0 Å². The van der Waals surface area contributed by atoms with E-state index in [1.54, 1.807) is 0 Å². The molecule has 0 radical (unpaired) electrons. The molecule has 1 heterocycles. The maximum atomic E-state index is 5.32. The fourth-order valence-corrected chi connectivity index (χ4v) is 1.97. The second-order valence-corrected chi connectivity index (χ2v) is 4.56. The highest BCUT2D eigenvalue weighted by Crippen LogP contribution is 2.24. The van der Waals surface area contributed by atoms with Gasteiger partial charge in [-0.3, -0.25) is 4.90 Å². The summed E-state index contributed by atoms with van der Waals surface area (Å²) in [5.41, 5.74) is 0.999.